The highest BCUT2D eigenvalue weighted by molar-refractivity contribution is 6.17. The number of nitrogens with zero attached hydrogens (tertiary/aromatic N) is 3. The molecule has 0 N–H and O–H groups in total. The Kier molecular flexibility index (Phi) is 6.14. The summed E-state index contributed by atoms with van der Waals surface area (Å²) in [6, 6.07) is 57.6. The smallest absolute Gasteiger partial charge is 0.164 e. The molecule has 0 saturated carbocycles. The zero-order chi connectivity index (χ0) is 30.5. The first-order chi connectivity index (χ1) is 22.8. The van der Waals surface area contributed by atoms with Crippen LogP contribution in [0.3, 0.4) is 0 Å². The Balaban J connectivity index is 1.28. The van der Waals surface area contributed by atoms with Gasteiger partial charge in [0.05, 0.1) is 0 Å². The molecule has 9 aromatic rings. The van der Waals surface area contributed by atoms with Gasteiger partial charge in [-0.3, -0.25) is 0 Å². The molecule has 214 valence electrons. The van der Waals surface area contributed by atoms with E-state index in [1.807, 2.05) is 18.2 Å². The predicted molar refractivity (Wildman–Crippen MR) is 192 cm³/mol. The average Bonchev–Trinajstić information content (AvgIpc) is 3.14. The van der Waals surface area contributed by atoms with E-state index in [1.54, 1.807) is 0 Å². The van der Waals surface area contributed by atoms with Crippen molar-refractivity contribution in [3.05, 3.63) is 164 Å². The van der Waals surface area contributed by atoms with E-state index in [0.717, 1.165) is 32.8 Å². The Morgan fingerprint density at radius 1 is 0.261 bits per heavy atom. The van der Waals surface area contributed by atoms with Crippen molar-refractivity contribution in [1.29, 1.82) is 0 Å². The fourth-order valence-corrected chi connectivity index (χ4v) is 6.69. The third-order valence-corrected chi connectivity index (χ3v) is 8.90. The maximum atomic E-state index is 5.13. The molecule has 8 aromatic carbocycles. The molecular weight excluding hydrogens is 558 g/mol. The van der Waals surface area contributed by atoms with E-state index in [1.165, 1.54) is 38.1 Å². The molecule has 0 atom stereocenters. The summed E-state index contributed by atoms with van der Waals surface area (Å²) in [5.41, 5.74) is 5.30. The Hall–Kier alpha value is -6.19. The summed E-state index contributed by atoms with van der Waals surface area (Å²) in [4.78, 5) is 15.2. The van der Waals surface area contributed by atoms with Crippen LogP contribution in [0.25, 0.3) is 88.4 Å². The van der Waals surface area contributed by atoms with Gasteiger partial charge in [0.15, 0.2) is 17.5 Å². The number of hydrogen-bond donors (Lipinski definition) is 0. The molecule has 9 rings (SSSR count). The quantitative estimate of drug-likeness (QED) is 0.193. The second kappa shape index (κ2) is 10.8. The molecule has 1 aromatic heterocycles. The number of fused-ring (bicyclic) bond motifs is 5. The summed E-state index contributed by atoms with van der Waals surface area (Å²) in [7, 11) is 0. The van der Waals surface area contributed by atoms with Gasteiger partial charge < -0.3 is 0 Å². The highest BCUT2D eigenvalue weighted by Gasteiger charge is 2.17. The van der Waals surface area contributed by atoms with E-state index in [0.29, 0.717) is 17.5 Å². The average molecular weight is 586 g/mol. The predicted octanol–water partition coefficient (Wildman–Crippen LogP) is 11.2. The molecule has 3 nitrogen and oxygen atoms in total. The number of aromatic nitrogens is 3. The molecule has 0 unspecified atom stereocenters. The van der Waals surface area contributed by atoms with Crippen LogP contribution in [0.1, 0.15) is 0 Å². The van der Waals surface area contributed by atoms with Crippen LogP contribution in [0.5, 0.6) is 0 Å². The fraction of sp³-hybridized carbons (Fsp3) is 0. The monoisotopic (exact) mass is 585 g/mol. The summed E-state index contributed by atoms with van der Waals surface area (Å²) in [5, 5.41) is 9.60. The maximum absolute atomic E-state index is 5.13. The Bertz CT molecular complexity index is 2590. The first-order valence-corrected chi connectivity index (χ1v) is 15.5. The fourth-order valence-electron chi connectivity index (χ4n) is 6.69. The van der Waals surface area contributed by atoms with Crippen LogP contribution in [0.4, 0.5) is 0 Å². The molecule has 0 fully saturated rings. The first-order valence-electron chi connectivity index (χ1n) is 15.5. The van der Waals surface area contributed by atoms with Crippen molar-refractivity contribution in [2.45, 2.75) is 0 Å². The minimum Gasteiger partial charge on any atom is -0.208 e. The standard InChI is InChI=1S/C43H27N3/c1-2-13-29(14-3-1)41-44-42(32-25-24-28-12-4-5-15-30(28)26-32)46-43(45-41)39-23-11-20-35-36(39)21-10-22-38(35)40-27-31-16-6-7-17-33(31)34-18-8-9-19-37(34)40/h1-27H. The summed E-state index contributed by atoms with van der Waals surface area (Å²) in [6.45, 7) is 0. The summed E-state index contributed by atoms with van der Waals surface area (Å²) < 4.78 is 0. The molecule has 0 bridgehead atoms. The topological polar surface area (TPSA) is 38.7 Å². The lowest BCUT2D eigenvalue weighted by molar-refractivity contribution is 1.08. The third-order valence-electron chi connectivity index (χ3n) is 8.90. The van der Waals surface area contributed by atoms with E-state index >= 15 is 0 Å². The van der Waals surface area contributed by atoms with Gasteiger partial charge in [-0.1, -0.05) is 152 Å². The van der Waals surface area contributed by atoms with Crippen LogP contribution in [0.15, 0.2) is 164 Å². The lowest BCUT2D eigenvalue weighted by Crippen LogP contribution is -2.00. The first kappa shape index (κ1) is 26.2. The van der Waals surface area contributed by atoms with Gasteiger partial charge in [-0.05, 0) is 66.3 Å². The van der Waals surface area contributed by atoms with Crippen molar-refractivity contribution in [3.8, 4) is 45.3 Å². The van der Waals surface area contributed by atoms with Gasteiger partial charge in [0.25, 0.3) is 0 Å². The second-order valence-electron chi connectivity index (χ2n) is 11.6. The summed E-state index contributed by atoms with van der Waals surface area (Å²) in [5.74, 6) is 1.97. The highest BCUT2D eigenvalue weighted by Crippen LogP contribution is 2.40. The van der Waals surface area contributed by atoms with Crippen LogP contribution in [-0.4, -0.2) is 15.0 Å². The van der Waals surface area contributed by atoms with Crippen molar-refractivity contribution in [3.63, 3.8) is 0 Å². The van der Waals surface area contributed by atoms with Crippen molar-refractivity contribution in [2.24, 2.45) is 0 Å². The van der Waals surface area contributed by atoms with Gasteiger partial charge in [-0.25, -0.2) is 15.0 Å². The molecule has 0 aliphatic rings. The van der Waals surface area contributed by atoms with Crippen molar-refractivity contribution in [2.75, 3.05) is 0 Å². The van der Waals surface area contributed by atoms with Crippen molar-refractivity contribution < 1.29 is 0 Å². The number of hydrogen-bond acceptors (Lipinski definition) is 3. The van der Waals surface area contributed by atoms with Gasteiger partial charge in [0.1, 0.15) is 0 Å². The molecule has 0 spiro atoms. The van der Waals surface area contributed by atoms with E-state index in [4.69, 9.17) is 15.0 Å². The molecule has 3 heteroatoms. The molecule has 0 saturated heterocycles. The van der Waals surface area contributed by atoms with Crippen LogP contribution in [0, 0.1) is 0 Å². The number of benzene rings is 8. The van der Waals surface area contributed by atoms with Gasteiger partial charge in [0.2, 0.25) is 0 Å². The zero-order valence-corrected chi connectivity index (χ0v) is 24.9. The van der Waals surface area contributed by atoms with Gasteiger partial charge in [-0.15, -0.1) is 0 Å². The molecule has 46 heavy (non-hydrogen) atoms. The SMILES string of the molecule is c1ccc(-c2nc(-c3ccc4ccccc4c3)nc(-c3cccc4c(-c5cc6ccccc6c6ccccc56)cccc34)n2)cc1. The molecular formula is C43H27N3. The van der Waals surface area contributed by atoms with E-state index in [2.05, 4.69) is 146 Å². The lowest BCUT2D eigenvalue weighted by Gasteiger charge is -2.15. The maximum Gasteiger partial charge on any atom is 0.164 e. The normalized spacial score (nSPS) is 11.5. The molecule has 0 aliphatic carbocycles. The van der Waals surface area contributed by atoms with Crippen LogP contribution < -0.4 is 0 Å². The number of rotatable bonds is 4. The Labute approximate surface area is 266 Å². The van der Waals surface area contributed by atoms with Gasteiger partial charge >= 0.3 is 0 Å². The van der Waals surface area contributed by atoms with E-state index in [9.17, 15) is 0 Å². The van der Waals surface area contributed by atoms with Gasteiger partial charge in [-0.2, -0.15) is 0 Å². The third kappa shape index (κ3) is 4.41. The summed E-state index contributed by atoms with van der Waals surface area (Å²) in [6.07, 6.45) is 0. The highest BCUT2D eigenvalue weighted by atomic mass is 15.0. The minimum absolute atomic E-state index is 0.655. The zero-order valence-electron chi connectivity index (χ0n) is 24.9. The van der Waals surface area contributed by atoms with E-state index in [-0.39, 0.29) is 0 Å². The van der Waals surface area contributed by atoms with Crippen molar-refractivity contribution in [1.82, 2.24) is 15.0 Å². The van der Waals surface area contributed by atoms with Crippen LogP contribution in [0.2, 0.25) is 0 Å². The van der Waals surface area contributed by atoms with Crippen LogP contribution >= 0.6 is 0 Å². The molecule has 1 heterocycles. The molecule has 0 aliphatic heterocycles. The Morgan fingerprint density at radius 2 is 0.804 bits per heavy atom. The Morgan fingerprint density at radius 3 is 1.61 bits per heavy atom. The minimum atomic E-state index is 0.655. The second-order valence-corrected chi connectivity index (χ2v) is 11.6. The van der Waals surface area contributed by atoms with Gasteiger partial charge in [0, 0.05) is 16.7 Å². The van der Waals surface area contributed by atoms with Crippen LogP contribution in [-0.2, 0) is 0 Å². The molecule has 0 amide bonds. The summed E-state index contributed by atoms with van der Waals surface area (Å²) >= 11 is 0. The largest absolute Gasteiger partial charge is 0.208 e. The van der Waals surface area contributed by atoms with Crippen molar-refractivity contribution >= 4 is 43.1 Å². The van der Waals surface area contributed by atoms with E-state index < -0.39 is 0 Å². The molecule has 0 radical (unpaired) electrons. The lowest BCUT2D eigenvalue weighted by atomic mass is 9.90.